The van der Waals surface area contributed by atoms with Gasteiger partial charge in [0.25, 0.3) is 0 Å². The number of aromatic amines is 2. The number of aromatic hydroxyl groups is 2. The summed E-state index contributed by atoms with van der Waals surface area (Å²) in [7, 11) is 0. The number of aromatic nitrogens is 5. The topological polar surface area (TPSA) is 316 Å². The zero-order chi connectivity index (χ0) is 77.7. The van der Waals surface area contributed by atoms with Crippen molar-refractivity contribution in [2.24, 2.45) is 0 Å². The van der Waals surface area contributed by atoms with Crippen LogP contribution in [0.1, 0.15) is 166 Å². The van der Waals surface area contributed by atoms with E-state index in [1.165, 1.54) is 18.2 Å². The summed E-state index contributed by atoms with van der Waals surface area (Å²) in [5.41, 5.74) is 29.1. The van der Waals surface area contributed by atoms with Gasteiger partial charge in [-0.3, -0.25) is 48.2 Å². The number of hydrogen-bond acceptors (Lipinski definition) is 16. The number of fused-ring (bicyclic) bond motifs is 2. The molecule has 0 saturated carbocycles. The van der Waals surface area contributed by atoms with Crippen LogP contribution >= 0.6 is 0 Å². The highest BCUT2D eigenvalue weighted by Gasteiger charge is 2.21. The first kappa shape index (κ1) is 75.4. The van der Waals surface area contributed by atoms with Crippen LogP contribution in [0.25, 0.3) is 21.9 Å². The Morgan fingerprint density at radius 3 is 0.936 bits per heavy atom. The number of aryl methyl sites for hydroxylation is 4. The second-order valence-electron chi connectivity index (χ2n) is 27.1. The van der Waals surface area contributed by atoms with Gasteiger partial charge in [-0.2, -0.15) is 20.5 Å². The van der Waals surface area contributed by atoms with Crippen molar-refractivity contribution >= 4 is 85.4 Å². The number of anilines is 2. The molecule has 0 saturated heterocycles. The van der Waals surface area contributed by atoms with Gasteiger partial charge in [0.05, 0.1) is 22.8 Å². The van der Waals surface area contributed by atoms with Gasteiger partial charge in [0.2, 0.25) is 0 Å². The van der Waals surface area contributed by atoms with E-state index in [4.69, 9.17) is 11.5 Å². The number of ketones is 9. The highest BCUT2D eigenvalue weighted by Crippen LogP contribution is 2.29. The zero-order valence-electron chi connectivity index (χ0n) is 60.6. The number of nitrogens with two attached hydrogens (primary N) is 2. The van der Waals surface area contributed by atoms with Crippen molar-refractivity contribution in [1.29, 1.82) is 0 Å². The van der Waals surface area contributed by atoms with E-state index in [0.717, 1.165) is 55.6 Å². The van der Waals surface area contributed by atoms with Gasteiger partial charge in [0.1, 0.15) is 22.5 Å². The normalized spacial score (nSPS) is 10.9. The van der Waals surface area contributed by atoms with E-state index in [-0.39, 0.29) is 100 Å². The van der Waals surface area contributed by atoms with Crippen molar-refractivity contribution in [3.63, 3.8) is 0 Å². The zero-order valence-corrected chi connectivity index (χ0v) is 60.6. The summed E-state index contributed by atoms with van der Waals surface area (Å²) < 4.78 is 0. The second kappa shape index (κ2) is 33.9. The number of benzene rings is 12. The van der Waals surface area contributed by atoms with Gasteiger partial charge in [-0.1, -0.05) is 217 Å². The van der Waals surface area contributed by atoms with Gasteiger partial charge < -0.3 is 21.7 Å². The minimum atomic E-state index is -0.288. The highest BCUT2D eigenvalue weighted by atomic mass is 16.3. The number of nitrogens with one attached hydrogen (secondary N) is 2. The fourth-order valence-corrected chi connectivity index (χ4v) is 12.9. The second-order valence-corrected chi connectivity index (χ2v) is 27.1. The summed E-state index contributed by atoms with van der Waals surface area (Å²) in [6.07, 6.45) is 2.66. The lowest BCUT2D eigenvalue weighted by Gasteiger charge is -2.08. The van der Waals surface area contributed by atoms with E-state index >= 15 is 0 Å². The van der Waals surface area contributed by atoms with Crippen molar-refractivity contribution in [1.82, 2.24) is 25.6 Å². The third-order valence-corrected chi connectivity index (χ3v) is 19.0. The monoisotopic (exact) mass is 1450 g/mol. The SMILES string of the molecule is Cc1ccc(C(=O)Cc2ccc(C(=O)c3ccc(CC(=O)c4ccc(C)cc4C)cc3)cc2)c(C)c1.Nc1ccccc1C(=O)Cc1ccc(C(=O)c2ccc(CC(=O)c3ccccc3N)cc2)cc1.O=C(c1ccc(CC(=O)c2cc3n[nH]nc3cc2O)cc1)c1ccc(CC(=O)c2cc3[nH]ncc3cc2O)cc1. The first-order valence-electron chi connectivity index (χ1n) is 35.4. The smallest absolute Gasteiger partial charge is 0.193 e. The van der Waals surface area contributed by atoms with E-state index in [1.54, 1.807) is 182 Å². The maximum atomic E-state index is 13.0. The highest BCUT2D eigenvalue weighted by molar-refractivity contribution is 6.12. The van der Waals surface area contributed by atoms with Crippen LogP contribution in [0.3, 0.4) is 0 Å². The molecule has 18 nitrogen and oxygen atoms in total. The molecule has 14 rings (SSSR count). The van der Waals surface area contributed by atoms with Crippen LogP contribution in [-0.4, -0.2) is 87.9 Å². The molecular formula is C92H75N7O11. The first-order valence-corrected chi connectivity index (χ1v) is 35.4. The standard InChI is InChI=1S/C33H30O3.C30H21N5O5.C29H24N2O3/c1-21-5-15-29(23(3)17-21)31(34)19-25-7-11-27(12-8-25)33(36)28-13-9-26(10-14-28)20-32(35)30-16-6-22(2)18-24(30)4;36-26(21-12-23-20(11-28(21)38)15-31-32-23)9-16-1-5-18(6-2-16)30(40)19-7-3-17(4-8-19)10-27(37)22-13-24-25(14-29(22)39)34-35-33-24;30-25-7-3-1-5-23(25)27(32)17-19-9-13-21(14-10-19)29(34)22-15-11-20(12-16-22)18-28(33)24-6-2-4-8-26(24)31/h5-18H,19-20H2,1-4H3;1-8,11-15,38-39H,9-10H2,(H,31,32)(H,33,34,35);1-16H,17-18,30-31H2. The lowest BCUT2D eigenvalue weighted by molar-refractivity contribution is 0.0982. The first-order chi connectivity index (χ1) is 53.0. The van der Waals surface area contributed by atoms with Gasteiger partial charge >= 0.3 is 0 Å². The number of carbonyl (C=O) groups is 9. The van der Waals surface area contributed by atoms with E-state index in [0.29, 0.717) is 102 Å². The molecule has 0 aliphatic rings. The van der Waals surface area contributed by atoms with E-state index in [2.05, 4.69) is 25.6 Å². The molecule has 2 aromatic heterocycles. The summed E-state index contributed by atoms with van der Waals surface area (Å²) >= 11 is 0. The fourth-order valence-electron chi connectivity index (χ4n) is 12.9. The summed E-state index contributed by atoms with van der Waals surface area (Å²) in [5.74, 6) is -1.24. The van der Waals surface area contributed by atoms with Crippen LogP contribution < -0.4 is 11.5 Å². The molecule has 544 valence electrons. The Bertz CT molecular complexity index is 5510. The molecule has 0 amide bonds. The van der Waals surface area contributed by atoms with Gasteiger partial charge in [-0.05, 0) is 115 Å². The largest absolute Gasteiger partial charge is 0.507 e. The number of nitrogen functional groups attached to an aromatic ring is 2. The number of hydrogen-bond donors (Lipinski definition) is 6. The number of carbonyl (C=O) groups excluding carboxylic acids is 9. The van der Waals surface area contributed by atoms with Crippen LogP contribution in [0.4, 0.5) is 11.4 Å². The number of phenols is 2. The summed E-state index contributed by atoms with van der Waals surface area (Å²) in [6.45, 7) is 7.92. The van der Waals surface area contributed by atoms with Crippen LogP contribution in [0, 0.1) is 27.7 Å². The van der Waals surface area contributed by atoms with E-state index < -0.39 is 0 Å². The Morgan fingerprint density at radius 2 is 0.609 bits per heavy atom. The van der Waals surface area contributed by atoms with Crippen molar-refractivity contribution in [2.45, 2.75) is 66.2 Å². The van der Waals surface area contributed by atoms with Gasteiger partial charge in [0.15, 0.2) is 52.0 Å². The minimum absolute atomic E-state index is 0.0387. The molecule has 110 heavy (non-hydrogen) atoms. The van der Waals surface area contributed by atoms with Crippen LogP contribution in [-0.2, 0) is 38.5 Å². The molecule has 2 heterocycles. The third-order valence-electron chi connectivity index (χ3n) is 19.0. The van der Waals surface area contributed by atoms with Gasteiger partial charge in [-0.15, -0.1) is 0 Å². The van der Waals surface area contributed by atoms with Gasteiger partial charge in [-0.25, -0.2) is 0 Å². The van der Waals surface area contributed by atoms with E-state index in [1.807, 2.05) is 88.4 Å². The van der Waals surface area contributed by atoms with Crippen LogP contribution in [0.5, 0.6) is 11.5 Å². The Labute approximate surface area is 633 Å². The molecule has 0 atom stereocenters. The van der Waals surface area contributed by atoms with Crippen molar-refractivity contribution < 1.29 is 53.4 Å². The molecule has 0 unspecified atom stereocenters. The number of phenolic OH excluding ortho intramolecular Hbond substituents is 2. The summed E-state index contributed by atoms with van der Waals surface area (Å²) in [5, 5.41) is 38.1. The summed E-state index contributed by atoms with van der Waals surface area (Å²) in [4.78, 5) is 115. The minimum Gasteiger partial charge on any atom is -0.507 e. The third kappa shape index (κ3) is 18.3. The van der Waals surface area contributed by atoms with Crippen LogP contribution in [0.2, 0.25) is 0 Å². The fraction of sp³-hybridized carbons (Fsp3) is 0.109. The molecule has 0 aliphatic heterocycles. The Kier molecular flexibility index (Phi) is 23.2. The molecule has 8 N–H and O–H groups in total. The molecule has 14 aromatic rings. The van der Waals surface area contributed by atoms with Crippen LogP contribution in [0.15, 0.2) is 261 Å². The molecule has 0 radical (unpaired) electrons. The molecule has 18 heteroatoms. The molecule has 0 fully saturated rings. The average Bonchev–Trinajstić information content (AvgIpc) is 1.52. The maximum absolute atomic E-state index is 13.0. The van der Waals surface area contributed by atoms with Gasteiger partial charge in [0, 0.05) is 117 Å². The lowest BCUT2D eigenvalue weighted by Crippen LogP contribution is -2.08. The van der Waals surface area contributed by atoms with Crippen molar-refractivity contribution in [2.75, 3.05) is 11.5 Å². The van der Waals surface area contributed by atoms with Crippen molar-refractivity contribution in [3.05, 3.63) is 383 Å². The number of rotatable bonds is 24. The number of para-hydroxylation sites is 2. The molecule has 0 spiro atoms. The summed E-state index contributed by atoms with van der Waals surface area (Å²) in [6, 6.07) is 73.5. The predicted molar refractivity (Wildman–Crippen MR) is 424 cm³/mol. The number of nitrogens with zero attached hydrogens (tertiary/aromatic N) is 3. The predicted octanol–water partition coefficient (Wildman–Crippen LogP) is 16.3. The Morgan fingerprint density at radius 1 is 0.318 bits per heavy atom. The number of H-pyrrole nitrogens is 2. The lowest BCUT2D eigenvalue weighted by atomic mass is 9.95. The Hall–Kier alpha value is -14.3. The molecular weight excluding hydrogens is 1380 g/mol. The average molecular weight is 1450 g/mol. The van der Waals surface area contributed by atoms with E-state index in [9.17, 15) is 53.4 Å². The molecule has 0 bridgehead atoms. The quantitative estimate of drug-likeness (QED) is 0.0242. The number of Topliss-reactive ketones (excluding diaryl/α,β-unsaturated/α-hetero) is 6. The molecule has 12 aromatic carbocycles. The molecule has 0 aliphatic carbocycles. The van der Waals surface area contributed by atoms with Crippen molar-refractivity contribution in [3.8, 4) is 11.5 Å². The Balaban J connectivity index is 0.000000154. The maximum Gasteiger partial charge on any atom is 0.193 e.